The van der Waals surface area contributed by atoms with E-state index >= 15 is 0 Å². The van der Waals surface area contributed by atoms with E-state index in [2.05, 4.69) is 22.9 Å². The Labute approximate surface area is 133 Å². The second-order valence-electron chi connectivity index (χ2n) is 5.09. The van der Waals surface area contributed by atoms with E-state index in [4.69, 9.17) is 17.3 Å². The molecule has 1 heterocycles. The van der Waals surface area contributed by atoms with Crippen LogP contribution in [-0.4, -0.2) is 25.8 Å². The summed E-state index contributed by atoms with van der Waals surface area (Å²) >= 11 is 9.20. The number of nitrogen functional groups attached to an aromatic ring is 1. The molecule has 0 bridgehead atoms. The van der Waals surface area contributed by atoms with E-state index in [9.17, 15) is 8.42 Å². The molecule has 0 aromatic heterocycles. The second-order valence-corrected chi connectivity index (χ2v) is 8.22. The van der Waals surface area contributed by atoms with Crippen molar-refractivity contribution in [2.75, 3.05) is 18.8 Å². The van der Waals surface area contributed by atoms with Gasteiger partial charge >= 0.3 is 0 Å². The van der Waals surface area contributed by atoms with Crippen LogP contribution < -0.4 is 5.73 Å². The van der Waals surface area contributed by atoms with Crippen molar-refractivity contribution in [1.29, 1.82) is 0 Å². The molecule has 7 heteroatoms. The summed E-state index contributed by atoms with van der Waals surface area (Å²) < 4.78 is 27.4. The van der Waals surface area contributed by atoms with Crippen LogP contribution in [0.1, 0.15) is 26.2 Å². The third-order valence-electron chi connectivity index (χ3n) is 3.71. The van der Waals surface area contributed by atoms with Crippen molar-refractivity contribution in [1.82, 2.24) is 4.31 Å². The van der Waals surface area contributed by atoms with Crippen LogP contribution in [0, 0.1) is 5.92 Å². The van der Waals surface area contributed by atoms with Gasteiger partial charge in [-0.05, 0) is 46.8 Å². The van der Waals surface area contributed by atoms with Crippen molar-refractivity contribution < 1.29 is 8.42 Å². The number of halogens is 2. The lowest BCUT2D eigenvalue weighted by Crippen LogP contribution is -2.39. The van der Waals surface area contributed by atoms with Crippen LogP contribution in [0.3, 0.4) is 0 Å². The van der Waals surface area contributed by atoms with Crippen molar-refractivity contribution in [2.24, 2.45) is 5.92 Å². The minimum Gasteiger partial charge on any atom is -0.398 e. The summed E-state index contributed by atoms with van der Waals surface area (Å²) in [6.45, 7) is 3.21. The molecule has 2 N–H and O–H groups in total. The Hall–Kier alpha value is -0.300. The molecule has 0 amide bonds. The molecule has 0 spiro atoms. The van der Waals surface area contributed by atoms with Gasteiger partial charge in [-0.2, -0.15) is 4.31 Å². The number of hydrogen-bond donors (Lipinski definition) is 1. The van der Waals surface area contributed by atoms with Gasteiger partial charge in [-0.1, -0.05) is 24.9 Å². The molecule has 1 unspecified atom stereocenters. The van der Waals surface area contributed by atoms with Gasteiger partial charge in [0.25, 0.3) is 0 Å². The first-order valence-corrected chi connectivity index (χ1v) is 9.22. The normalized spacial score (nSPS) is 21.1. The molecule has 2 rings (SSSR count). The van der Waals surface area contributed by atoms with Gasteiger partial charge in [-0.3, -0.25) is 0 Å². The van der Waals surface area contributed by atoms with Gasteiger partial charge in [0.15, 0.2) is 0 Å². The SMILES string of the molecule is CCC1CCCN(S(=O)(=O)c2cc(Cl)cc(N)c2Br)C1. The predicted octanol–water partition coefficient (Wildman–Crippen LogP) is 3.50. The van der Waals surface area contributed by atoms with Gasteiger partial charge < -0.3 is 5.73 Å². The number of sulfonamides is 1. The number of nitrogens with zero attached hydrogens (tertiary/aromatic N) is 1. The monoisotopic (exact) mass is 380 g/mol. The van der Waals surface area contributed by atoms with Gasteiger partial charge in [-0.15, -0.1) is 0 Å². The molecule has 0 saturated carbocycles. The van der Waals surface area contributed by atoms with E-state index in [0.717, 1.165) is 19.3 Å². The van der Waals surface area contributed by atoms with E-state index in [1.165, 1.54) is 12.1 Å². The molecule has 1 aromatic carbocycles. The Kier molecular flexibility index (Phi) is 5.00. The zero-order valence-corrected chi connectivity index (χ0v) is 14.4. The summed E-state index contributed by atoms with van der Waals surface area (Å²) in [6.07, 6.45) is 2.97. The van der Waals surface area contributed by atoms with Crippen LogP contribution in [0.15, 0.2) is 21.5 Å². The number of piperidine rings is 1. The Bertz CT molecular complexity index is 607. The maximum atomic E-state index is 12.8. The summed E-state index contributed by atoms with van der Waals surface area (Å²) in [6, 6.07) is 2.99. The number of nitrogens with two attached hydrogens (primary N) is 1. The minimum absolute atomic E-state index is 0.152. The average Bonchev–Trinajstić information content (AvgIpc) is 2.42. The highest BCUT2D eigenvalue weighted by Gasteiger charge is 2.31. The Morgan fingerprint density at radius 3 is 2.85 bits per heavy atom. The fourth-order valence-electron chi connectivity index (χ4n) is 2.49. The lowest BCUT2D eigenvalue weighted by atomic mass is 9.97. The van der Waals surface area contributed by atoms with Gasteiger partial charge in [0, 0.05) is 23.8 Å². The van der Waals surface area contributed by atoms with Crippen LogP contribution in [0.2, 0.25) is 5.02 Å². The first-order chi connectivity index (χ1) is 9.36. The Morgan fingerprint density at radius 2 is 2.20 bits per heavy atom. The summed E-state index contributed by atoms with van der Waals surface area (Å²) in [5.74, 6) is 0.425. The van der Waals surface area contributed by atoms with E-state index < -0.39 is 10.0 Å². The second kappa shape index (κ2) is 6.22. The van der Waals surface area contributed by atoms with Gasteiger partial charge in [0.2, 0.25) is 10.0 Å². The molecular formula is C13H18BrClN2O2S. The average molecular weight is 382 g/mol. The number of benzene rings is 1. The number of rotatable bonds is 3. The molecular weight excluding hydrogens is 364 g/mol. The van der Waals surface area contributed by atoms with Crippen LogP contribution in [-0.2, 0) is 10.0 Å². The summed E-state index contributed by atoms with van der Waals surface area (Å²) in [5.41, 5.74) is 6.12. The largest absolute Gasteiger partial charge is 0.398 e. The third kappa shape index (κ3) is 3.13. The maximum Gasteiger partial charge on any atom is 0.244 e. The van der Waals surface area contributed by atoms with Crippen LogP contribution in [0.4, 0.5) is 5.69 Å². The fraction of sp³-hybridized carbons (Fsp3) is 0.538. The lowest BCUT2D eigenvalue weighted by molar-refractivity contribution is 0.261. The van der Waals surface area contributed by atoms with Crippen LogP contribution in [0.25, 0.3) is 0 Å². The standard InChI is InChI=1S/C13H18BrClN2O2S/c1-2-9-4-3-5-17(8-9)20(18,19)12-7-10(15)6-11(16)13(12)14/h6-7,9H,2-5,8,16H2,1H3. The molecule has 112 valence electrons. The zero-order valence-electron chi connectivity index (χ0n) is 11.3. The van der Waals surface area contributed by atoms with Crippen molar-refractivity contribution in [3.05, 3.63) is 21.6 Å². The van der Waals surface area contributed by atoms with Gasteiger partial charge in [0.1, 0.15) is 0 Å². The molecule has 4 nitrogen and oxygen atoms in total. The van der Waals surface area contributed by atoms with Gasteiger partial charge in [0.05, 0.1) is 9.37 Å². The van der Waals surface area contributed by atoms with E-state index in [-0.39, 0.29) is 4.90 Å². The highest BCUT2D eigenvalue weighted by Crippen LogP contribution is 2.34. The highest BCUT2D eigenvalue weighted by atomic mass is 79.9. The molecule has 0 aliphatic carbocycles. The number of hydrogen-bond acceptors (Lipinski definition) is 3. The van der Waals surface area contributed by atoms with Crippen molar-refractivity contribution in [3.8, 4) is 0 Å². The summed E-state index contributed by atoms with van der Waals surface area (Å²) in [4.78, 5) is 0.152. The maximum absolute atomic E-state index is 12.8. The van der Waals surface area contributed by atoms with Crippen LogP contribution >= 0.6 is 27.5 Å². The Balaban J connectivity index is 2.40. The molecule has 1 saturated heterocycles. The molecule has 20 heavy (non-hydrogen) atoms. The predicted molar refractivity (Wildman–Crippen MR) is 85.3 cm³/mol. The van der Waals surface area contributed by atoms with Crippen LogP contribution in [0.5, 0.6) is 0 Å². The molecule has 1 aliphatic rings. The fourth-order valence-corrected chi connectivity index (χ4v) is 5.30. The quantitative estimate of drug-likeness (QED) is 0.815. The van der Waals surface area contributed by atoms with Gasteiger partial charge in [-0.25, -0.2) is 8.42 Å². The van der Waals surface area contributed by atoms with E-state index in [1.807, 2.05) is 0 Å². The Morgan fingerprint density at radius 1 is 1.50 bits per heavy atom. The smallest absolute Gasteiger partial charge is 0.244 e. The third-order valence-corrected chi connectivity index (χ3v) is 6.96. The molecule has 1 aliphatic heterocycles. The van der Waals surface area contributed by atoms with Crippen molar-refractivity contribution in [2.45, 2.75) is 31.1 Å². The minimum atomic E-state index is -3.56. The number of anilines is 1. The lowest BCUT2D eigenvalue weighted by Gasteiger charge is -2.31. The molecule has 0 radical (unpaired) electrons. The topological polar surface area (TPSA) is 63.4 Å². The summed E-state index contributed by atoms with van der Waals surface area (Å²) in [7, 11) is -3.56. The highest BCUT2D eigenvalue weighted by molar-refractivity contribution is 9.10. The van der Waals surface area contributed by atoms with Crippen molar-refractivity contribution in [3.63, 3.8) is 0 Å². The molecule has 1 aromatic rings. The van der Waals surface area contributed by atoms with E-state index in [0.29, 0.717) is 34.2 Å². The molecule has 1 atom stereocenters. The molecule has 1 fully saturated rings. The first kappa shape index (κ1) is 16.1. The zero-order chi connectivity index (χ0) is 14.9. The van der Waals surface area contributed by atoms with Crippen molar-refractivity contribution >= 4 is 43.2 Å². The van der Waals surface area contributed by atoms with E-state index in [1.54, 1.807) is 4.31 Å². The first-order valence-electron chi connectivity index (χ1n) is 6.61. The summed E-state index contributed by atoms with van der Waals surface area (Å²) in [5, 5.41) is 0.327.